The smallest absolute Gasteiger partial charge is 0.313 e. The molecule has 0 aromatic heterocycles. The van der Waals surface area contributed by atoms with Crippen molar-refractivity contribution in [2.24, 2.45) is 0 Å². The molecular formula is C10H10O4S. The molecule has 0 aliphatic carbocycles. The molecule has 0 fully saturated rings. The Morgan fingerprint density at radius 3 is 2.80 bits per heavy atom. The van der Waals surface area contributed by atoms with E-state index in [1.807, 2.05) is 12.1 Å². The van der Waals surface area contributed by atoms with Gasteiger partial charge in [-0.25, -0.2) is 0 Å². The molecule has 0 saturated heterocycles. The molecular weight excluding hydrogens is 216 g/mol. The predicted molar refractivity (Wildman–Crippen MR) is 55.8 cm³/mol. The average Bonchev–Trinajstić information content (AvgIpc) is 2.26. The van der Waals surface area contributed by atoms with Crippen LogP contribution in [0.1, 0.15) is 0 Å². The van der Waals surface area contributed by atoms with Crippen molar-refractivity contribution < 1.29 is 19.4 Å². The first-order valence-corrected chi connectivity index (χ1v) is 5.48. The largest absolute Gasteiger partial charge is 0.486 e. The Morgan fingerprint density at radius 1 is 1.33 bits per heavy atom. The number of hydrogen-bond acceptors (Lipinski definition) is 4. The lowest BCUT2D eigenvalue weighted by molar-refractivity contribution is -0.133. The van der Waals surface area contributed by atoms with Crippen LogP contribution >= 0.6 is 11.8 Å². The van der Waals surface area contributed by atoms with Gasteiger partial charge in [-0.1, -0.05) is 0 Å². The maximum absolute atomic E-state index is 10.4. The van der Waals surface area contributed by atoms with Crippen LogP contribution in [-0.2, 0) is 4.79 Å². The van der Waals surface area contributed by atoms with Crippen molar-refractivity contribution in [3.8, 4) is 11.5 Å². The molecule has 1 aliphatic rings. The van der Waals surface area contributed by atoms with E-state index in [4.69, 9.17) is 14.6 Å². The van der Waals surface area contributed by atoms with Gasteiger partial charge in [-0.2, -0.15) is 0 Å². The molecule has 2 rings (SSSR count). The summed E-state index contributed by atoms with van der Waals surface area (Å²) < 4.78 is 10.7. The van der Waals surface area contributed by atoms with Crippen LogP contribution in [-0.4, -0.2) is 30.0 Å². The van der Waals surface area contributed by atoms with Gasteiger partial charge in [0.2, 0.25) is 0 Å². The summed E-state index contributed by atoms with van der Waals surface area (Å²) in [6.45, 7) is 1.11. The quantitative estimate of drug-likeness (QED) is 0.794. The third-order valence-corrected chi connectivity index (χ3v) is 2.85. The predicted octanol–water partition coefficient (Wildman–Crippen LogP) is 1.63. The molecule has 0 unspecified atom stereocenters. The fourth-order valence-corrected chi connectivity index (χ4v) is 1.90. The summed E-state index contributed by atoms with van der Waals surface area (Å²) in [7, 11) is 0. The van der Waals surface area contributed by atoms with E-state index in [0.717, 1.165) is 10.6 Å². The molecule has 1 aromatic carbocycles. The topological polar surface area (TPSA) is 55.8 Å². The van der Waals surface area contributed by atoms with Gasteiger partial charge in [0.15, 0.2) is 11.5 Å². The van der Waals surface area contributed by atoms with Gasteiger partial charge >= 0.3 is 5.97 Å². The number of fused-ring (bicyclic) bond motifs is 1. The van der Waals surface area contributed by atoms with Crippen molar-refractivity contribution in [2.75, 3.05) is 19.0 Å². The van der Waals surface area contributed by atoms with Crippen molar-refractivity contribution >= 4 is 17.7 Å². The number of carboxylic acids is 1. The van der Waals surface area contributed by atoms with Crippen LogP contribution in [0.25, 0.3) is 0 Å². The molecule has 1 N–H and O–H groups in total. The van der Waals surface area contributed by atoms with Crippen molar-refractivity contribution in [2.45, 2.75) is 4.90 Å². The zero-order chi connectivity index (χ0) is 10.7. The normalized spacial score (nSPS) is 13.6. The first kappa shape index (κ1) is 10.2. The van der Waals surface area contributed by atoms with Crippen LogP contribution in [0, 0.1) is 0 Å². The molecule has 1 aromatic rings. The third-order valence-electron chi connectivity index (χ3n) is 1.88. The van der Waals surface area contributed by atoms with E-state index >= 15 is 0 Å². The van der Waals surface area contributed by atoms with Gasteiger partial charge in [0.05, 0.1) is 5.75 Å². The highest BCUT2D eigenvalue weighted by atomic mass is 32.2. The monoisotopic (exact) mass is 226 g/mol. The van der Waals surface area contributed by atoms with E-state index < -0.39 is 5.97 Å². The Kier molecular flexibility index (Phi) is 3.01. The van der Waals surface area contributed by atoms with E-state index in [1.165, 1.54) is 11.8 Å². The van der Waals surface area contributed by atoms with Gasteiger partial charge in [0.25, 0.3) is 0 Å². The van der Waals surface area contributed by atoms with Crippen molar-refractivity contribution in [3.63, 3.8) is 0 Å². The number of hydrogen-bond donors (Lipinski definition) is 1. The maximum Gasteiger partial charge on any atom is 0.313 e. The standard InChI is InChI=1S/C10H10O4S/c11-10(12)6-15-7-1-2-8-9(5-7)14-4-3-13-8/h1-2,5H,3-4,6H2,(H,11,12). The highest BCUT2D eigenvalue weighted by molar-refractivity contribution is 8.00. The van der Waals surface area contributed by atoms with Gasteiger partial charge in [-0.15, -0.1) is 11.8 Å². The van der Waals surface area contributed by atoms with Crippen LogP contribution in [0.2, 0.25) is 0 Å². The van der Waals surface area contributed by atoms with E-state index in [-0.39, 0.29) is 5.75 Å². The van der Waals surface area contributed by atoms with E-state index in [1.54, 1.807) is 6.07 Å². The van der Waals surface area contributed by atoms with Crippen LogP contribution in [0.15, 0.2) is 23.1 Å². The van der Waals surface area contributed by atoms with Crippen LogP contribution in [0.5, 0.6) is 11.5 Å². The first-order valence-electron chi connectivity index (χ1n) is 4.50. The first-order chi connectivity index (χ1) is 7.25. The number of carbonyl (C=O) groups is 1. The molecule has 0 saturated carbocycles. The fraction of sp³-hybridized carbons (Fsp3) is 0.300. The van der Waals surface area contributed by atoms with E-state index in [9.17, 15) is 4.79 Å². The highest BCUT2D eigenvalue weighted by Crippen LogP contribution is 2.33. The SMILES string of the molecule is O=C(O)CSc1ccc2c(c1)OCCO2. The summed E-state index contributed by atoms with van der Waals surface area (Å²) in [5.41, 5.74) is 0. The molecule has 0 spiro atoms. The number of benzene rings is 1. The molecule has 80 valence electrons. The molecule has 0 atom stereocenters. The van der Waals surface area contributed by atoms with E-state index in [2.05, 4.69) is 0 Å². The Bertz CT molecular complexity index is 378. The van der Waals surface area contributed by atoms with Gasteiger partial charge in [-0.05, 0) is 18.2 Å². The lowest BCUT2D eigenvalue weighted by Gasteiger charge is -2.18. The van der Waals surface area contributed by atoms with Crippen molar-refractivity contribution in [1.82, 2.24) is 0 Å². The van der Waals surface area contributed by atoms with Gasteiger partial charge < -0.3 is 14.6 Å². The summed E-state index contributed by atoms with van der Waals surface area (Å²) in [4.78, 5) is 11.3. The van der Waals surface area contributed by atoms with Crippen LogP contribution in [0.4, 0.5) is 0 Å². The van der Waals surface area contributed by atoms with E-state index in [0.29, 0.717) is 19.0 Å². The lowest BCUT2D eigenvalue weighted by atomic mass is 10.3. The van der Waals surface area contributed by atoms with Gasteiger partial charge in [-0.3, -0.25) is 4.79 Å². The molecule has 1 aliphatic heterocycles. The summed E-state index contributed by atoms with van der Waals surface area (Å²) in [5.74, 6) is 0.645. The molecule has 0 amide bonds. The lowest BCUT2D eigenvalue weighted by Crippen LogP contribution is -2.15. The summed E-state index contributed by atoms with van der Waals surface area (Å²) in [5, 5.41) is 8.54. The van der Waals surface area contributed by atoms with Gasteiger partial charge in [0, 0.05) is 4.90 Å². The number of carboxylic acid groups (broad SMARTS) is 1. The average molecular weight is 226 g/mol. The minimum atomic E-state index is -0.824. The Morgan fingerprint density at radius 2 is 2.07 bits per heavy atom. The second kappa shape index (κ2) is 4.44. The second-order valence-electron chi connectivity index (χ2n) is 2.99. The zero-order valence-corrected chi connectivity index (χ0v) is 8.75. The summed E-state index contributed by atoms with van der Waals surface area (Å²) >= 11 is 1.27. The minimum Gasteiger partial charge on any atom is -0.486 e. The third kappa shape index (κ3) is 2.56. The molecule has 0 radical (unpaired) electrons. The fourth-order valence-electron chi connectivity index (χ4n) is 1.26. The minimum absolute atomic E-state index is 0.0552. The molecule has 4 nitrogen and oxygen atoms in total. The molecule has 5 heteroatoms. The van der Waals surface area contributed by atoms with Crippen LogP contribution < -0.4 is 9.47 Å². The summed E-state index contributed by atoms with van der Waals surface area (Å²) in [6, 6.07) is 5.45. The number of aliphatic carboxylic acids is 1. The van der Waals surface area contributed by atoms with Gasteiger partial charge in [0.1, 0.15) is 13.2 Å². The second-order valence-corrected chi connectivity index (χ2v) is 4.04. The molecule has 0 bridgehead atoms. The number of thioether (sulfide) groups is 1. The highest BCUT2D eigenvalue weighted by Gasteiger charge is 2.12. The molecule has 15 heavy (non-hydrogen) atoms. The van der Waals surface area contributed by atoms with Crippen molar-refractivity contribution in [1.29, 1.82) is 0 Å². The Balaban J connectivity index is 2.10. The number of ether oxygens (including phenoxy) is 2. The number of rotatable bonds is 3. The zero-order valence-electron chi connectivity index (χ0n) is 7.93. The Hall–Kier alpha value is -1.36. The summed E-state index contributed by atoms with van der Waals surface area (Å²) in [6.07, 6.45) is 0. The molecule has 1 heterocycles. The Labute approximate surface area is 91.2 Å². The van der Waals surface area contributed by atoms with Crippen LogP contribution in [0.3, 0.4) is 0 Å². The van der Waals surface area contributed by atoms with Crippen molar-refractivity contribution in [3.05, 3.63) is 18.2 Å². The maximum atomic E-state index is 10.4.